The molecule has 3 heteroatoms. The van der Waals surface area contributed by atoms with Crippen molar-refractivity contribution in [3.63, 3.8) is 0 Å². The summed E-state index contributed by atoms with van der Waals surface area (Å²) >= 11 is 0. The van der Waals surface area contributed by atoms with Crippen LogP contribution in [0.4, 0.5) is 0 Å². The molecule has 1 aliphatic carbocycles. The lowest BCUT2D eigenvalue weighted by Crippen LogP contribution is -2.22. The molecule has 0 aliphatic heterocycles. The number of hydrogen-bond acceptors (Lipinski definition) is 3. The van der Waals surface area contributed by atoms with E-state index in [-0.39, 0.29) is 11.5 Å². The predicted molar refractivity (Wildman–Crippen MR) is 62.1 cm³/mol. The molecule has 88 valence electrons. The monoisotopic (exact) mass is 222 g/mol. The van der Waals surface area contributed by atoms with Crippen molar-refractivity contribution < 1.29 is 14.6 Å². The zero-order chi connectivity index (χ0) is 11.8. The van der Waals surface area contributed by atoms with E-state index >= 15 is 0 Å². The van der Waals surface area contributed by atoms with Crippen LogP contribution in [-0.4, -0.2) is 25.4 Å². The number of hydrogen-bond donors (Lipinski definition) is 1. The van der Waals surface area contributed by atoms with Crippen molar-refractivity contribution in [2.75, 3.05) is 14.2 Å². The maximum absolute atomic E-state index is 9.81. The summed E-state index contributed by atoms with van der Waals surface area (Å²) in [4.78, 5) is 0. The first-order chi connectivity index (χ1) is 7.64. The molecular weight excluding hydrogens is 204 g/mol. The largest absolute Gasteiger partial charge is 0.493 e. The van der Waals surface area contributed by atoms with Crippen molar-refractivity contribution in [2.24, 2.45) is 0 Å². The number of aliphatic hydroxyl groups excluding tert-OH is 1. The topological polar surface area (TPSA) is 38.7 Å². The third-order valence-electron chi connectivity index (χ3n) is 3.55. The van der Waals surface area contributed by atoms with Crippen molar-refractivity contribution in [1.29, 1.82) is 0 Å². The highest BCUT2D eigenvalue weighted by Gasteiger charge is 2.48. The third kappa shape index (κ3) is 1.65. The molecule has 1 N–H and O–H groups in total. The van der Waals surface area contributed by atoms with E-state index in [0.717, 1.165) is 29.9 Å². The highest BCUT2D eigenvalue weighted by molar-refractivity contribution is 5.47. The first-order valence-corrected chi connectivity index (χ1v) is 5.54. The van der Waals surface area contributed by atoms with Gasteiger partial charge in [0.2, 0.25) is 0 Å². The molecule has 16 heavy (non-hydrogen) atoms. The van der Waals surface area contributed by atoms with Gasteiger partial charge in [-0.1, -0.05) is 6.07 Å². The molecule has 1 fully saturated rings. The molecule has 0 saturated heterocycles. The van der Waals surface area contributed by atoms with E-state index in [9.17, 15) is 5.11 Å². The molecule has 1 saturated carbocycles. The van der Waals surface area contributed by atoms with E-state index in [4.69, 9.17) is 9.47 Å². The second-order valence-electron chi connectivity index (χ2n) is 4.40. The Morgan fingerprint density at radius 3 is 2.25 bits per heavy atom. The summed E-state index contributed by atoms with van der Waals surface area (Å²) < 4.78 is 10.5. The zero-order valence-corrected chi connectivity index (χ0v) is 9.99. The van der Waals surface area contributed by atoms with E-state index in [0.29, 0.717) is 0 Å². The molecule has 1 atom stereocenters. The number of benzene rings is 1. The number of aliphatic hydroxyl groups is 1. The van der Waals surface area contributed by atoms with Crippen LogP contribution in [0.25, 0.3) is 0 Å². The molecule has 2 rings (SSSR count). The van der Waals surface area contributed by atoms with Gasteiger partial charge >= 0.3 is 0 Å². The maximum Gasteiger partial charge on any atom is 0.161 e. The molecule has 1 aliphatic rings. The average molecular weight is 222 g/mol. The highest BCUT2D eigenvalue weighted by Crippen LogP contribution is 2.52. The Morgan fingerprint density at radius 1 is 1.19 bits per heavy atom. The van der Waals surface area contributed by atoms with Gasteiger partial charge in [0.05, 0.1) is 20.3 Å². The molecule has 0 spiro atoms. The van der Waals surface area contributed by atoms with Gasteiger partial charge in [0.25, 0.3) is 0 Å². The van der Waals surface area contributed by atoms with Crippen LogP contribution in [0, 0.1) is 0 Å². The van der Waals surface area contributed by atoms with Gasteiger partial charge in [-0.15, -0.1) is 0 Å². The Balaban J connectivity index is 2.37. The van der Waals surface area contributed by atoms with Crippen molar-refractivity contribution in [1.82, 2.24) is 0 Å². The van der Waals surface area contributed by atoms with Gasteiger partial charge in [-0.3, -0.25) is 0 Å². The average Bonchev–Trinajstić information content (AvgIpc) is 3.09. The van der Waals surface area contributed by atoms with E-state index in [1.807, 2.05) is 25.1 Å². The van der Waals surface area contributed by atoms with Crippen molar-refractivity contribution in [3.8, 4) is 11.5 Å². The minimum Gasteiger partial charge on any atom is -0.493 e. The van der Waals surface area contributed by atoms with Crippen molar-refractivity contribution in [3.05, 3.63) is 23.8 Å². The molecule has 0 aromatic heterocycles. The molecule has 1 unspecified atom stereocenters. The fourth-order valence-electron chi connectivity index (χ4n) is 2.23. The molecule has 0 bridgehead atoms. The van der Waals surface area contributed by atoms with Gasteiger partial charge in [0.1, 0.15) is 0 Å². The maximum atomic E-state index is 9.81. The fourth-order valence-corrected chi connectivity index (χ4v) is 2.23. The minimum atomic E-state index is -0.314. The molecule has 1 aromatic rings. The zero-order valence-electron chi connectivity index (χ0n) is 9.99. The van der Waals surface area contributed by atoms with Crippen molar-refractivity contribution >= 4 is 0 Å². The second kappa shape index (κ2) is 3.98. The number of methoxy groups -OCH3 is 2. The minimum absolute atomic E-state index is 0.0560. The van der Waals surface area contributed by atoms with Crippen LogP contribution >= 0.6 is 0 Å². The van der Waals surface area contributed by atoms with E-state index in [1.54, 1.807) is 14.2 Å². The Labute approximate surface area is 96.0 Å². The van der Waals surface area contributed by atoms with Crippen LogP contribution in [0.2, 0.25) is 0 Å². The molecular formula is C13H18O3. The van der Waals surface area contributed by atoms with E-state index in [2.05, 4.69) is 0 Å². The standard InChI is InChI=1S/C13H18O3/c1-9(14)13(6-7-13)10-4-5-11(15-2)12(8-10)16-3/h4-5,8-9,14H,6-7H2,1-3H3. The van der Waals surface area contributed by atoms with Gasteiger partial charge in [-0.05, 0) is 37.5 Å². The summed E-state index contributed by atoms with van der Waals surface area (Å²) in [6.45, 7) is 1.85. The quantitative estimate of drug-likeness (QED) is 0.848. The lowest BCUT2D eigenvalue weighted by Gasteiger charge is -2.20. The Morgan fingerprint density at radius 2 is 1.81 bits per heavy atom. The summed E-state index contributed by atoms with van der Waals surface area (Å²) in [7, 11) is 3.25. The normalized spacial score (nSPS) is 19.0. The van der Waals surface area contributed by atoms with Gasteiger partial charge in [0, 0.05) is 5.41 Å². The highest BCUT2D eigenvalue weighted by atomic mass is 16.5. The van der Waals surface area contributed by atoms with E-state index < -0.39 is 0 Å². The fraction of sp³-hybridized carbons (Fsp3) is 0.538. The first-order valence-electron chi connectivity index (χ1n) is 5.54. The summed E-state index contributed by atoms with van der Waals surface area (Å²) in [6, 6.07) is 5.89. The molecule has 3 nitrogen and oxygen atoms in total. The summed E-state index contributed by atoms with van der Waals surface area (Å²) in [5.74, 6) is 1.46. The van der Waals surface area contributed by atoms with E-state index in [1.165, 1.54) is 0 Å². The van der Waals surface area contributed by atoms with Gasteiger partial charge in [-0.2, -0.15) is 0 Å². The number of rotatable bonds is 4. The predicted octanol–water partition coefficient (Wildman–Crippen LogP) is 2.12. The van der Waals surface area contributed by atoms with Crippen LogP contribution in [0.5, 0.6) is 11.5 Å². The molecule has 0 heterocycles. The lowest BCUT2D eigenvalue weighted by atomic mass is 9.90. The van der Waals surface area contributed by atoms with Crippen LogP contribution in [-0.2, 0) is 5.41 Å². The van der Waals surface area contributed by atoms with Crippen LogP contribution in [0.1, 0.15) is 25.3 Å². The second-order valence-corrected chi connectivity index (χ2v) is 4.40. The summed E-state index contributed by atoms with van der Waals surface area (Å²) in [5, 5.41) is 9.81. The molecule has 0 radical (unpaired) electrons. The van der Waals surface area contributed by atoms with Crippen LogP contribution < -0.4 is 9.47 Å². The molecule has 1 aromatic carbocycles. The lowest BCUT2D eigenvalue weighted by molar-refractivity contribution is 0.150. The Hall–Kier alpha value is -1.22. The molecule has 0 amide bonds. The number of ether oxygens (including phenoxy) is 2. The smallest absolute Gasteiger partial charge is 0.161 e. The van der Waals surface area contributed by atoms with Crippen molar-refractivity contribution in [2.45, 2.75) is 31.3 Å². The first kappa shape index (κ1) is 11.3. The van der Waals surface area contributed by atoms with Crippen LogP contribution in [0.3, 0.4) is 0 Å². The SMILES string of the molecule is COc1ccc(C2(C(C)O)CC2)cc1OC. The summed E-state index contributed by atoms with van der Waals surface area (Å²) in [5.41, 5.74) is 1.08. The van der Waals surface area contributed by atoms with Gasteiger partial charge < -0.3 is 14.6 Å². The Bertz CT molecular complexity index is 381. The van der Waals surface area contributed by atoms with Crippen LogP contribution in [0.15, 0.2) is 18.2 Å². The third-order valence-corrected chi connectivity index (χ3v) is 3.55. The summed E-state index contributed by atoms with van der Waals surface area (Å²) in [6.07, 6.45) is 1.77. The Kier molecular flexibility index (Phi) is 2.80. The van der Waals surface area contributed by atoms with Gasteiger partial charge in [0.15, 0.2) is 11.5 Å². The van der Waals surface area contributed by atoms with Gasteiger partial charge in [-0.25, -0.2) is 0 Å².